The summed E-state index contributed by atoms with van der Waals surface area (Å²) in [4.78, 5) is 45.9. The number of primary sulfonamides is 1. The standard InChI is InChI=1S/C14H21NO.C13H19NO.C12H18N2O.C11H12F4.C11H13F3O.C11H16N2O.C11H17NO2S.C10H12F2.C10H15NO2S.C10H15N/c1-14(2,3)10-11-6-8-12(9-7-11)13(16)15(4)5;1-13(2,3)9-10-5-7-11(8-6-10)12(15)14-4;1-9(2)6-10-4-3-5-11(7-10)8-14-12(13)15;1-7(2)5-8-3-4-10(12)9(6-8)11(13,14)15;1-8(2)7-9-3-5-10(6-4-9)15-11(12,13)14;1-8(2)6-9-4-3-5-10(7-9)13-11(12)14;1-9(2)7-10-5-4-6-11(8-10)12-15(3,13)14;1-7(2)3-8-4-9(11)6-10(12)5-8;1-8(2)6-9-4-3-5-10(7-9)14(11,12)13;1-8(2)7-9-3-5-10(11)6-4-9/h6-9H,10H2,1-5H3;5-8H,9H2,1-4H3,(H,14,15);3-5,7,9H,6,8H2,1-2H3,(H3,13,14,15);3-4,6-7H,5H2,1-2H3;3-6,8H,7H2,1-2H3;3-5,7-8H,6H2,1-2H3,(H3,12,13,14);4-6,8-9,12H,7H2,1-3H3;4-7H,3H2,1-2H3;3-5,7-8H,6H2,1-2H3,(H2,11,12,13);3-6,8H,7,11H2,1-2H3. The number of hydrogen-bond acceptors (Lipinski definition) is 10. The molecule has 18 nitrogen and oxygen atoms in total. The fourth-order valence-corrected chi connectivity index (χ4v) is 15.0. The number of sulfonamides is 2. The van der Waals surface area contributed by atoms with Gasteiger partial charge < -0.3 is 42.8 Å². The highest BCUT2D eigenvalue weighted by Gasteiger charge is 2.34. The van der Waals surface area contributed by atoms with Gasteiger partial charge in [-0.1, -0.05) is 268 Å². The smallest absolute Gasteiger partial charge is 0.406 e. The number of halogens is 9. The van der Waals surface area contributed by atoms with E-state index in [1.54, 1.807) is 56.4 Å². The molecule has 142 heavy (non-hydrogen) atoms. The summed E-state index contributed by atoms with van der Waals surface area (Å²) in [5.41, 5.74) is 30.6. The topological polar surface area (TPSA) is 301 Å². The molecule has 29 heteroatoms. The van der Waals surface area contributed by atoms with Gasteiger partial charge in [0, 0.05) is 61.9 Å². The van der Waals surface area contributed by atoms with E-state index in [9.17, 15) is 75.5 Å². The lowest BCUT2D eigenvalue weighted by Gasteiger charge is -2.18. The summed E-state index contributed by atoms with van der Waals surface area (Å²) in [6.07, 6.45) is 1.11. The van der Waals surface area contributed by atoms with Crippen LogP contribution >= 0.6 is 0 Å². The number of nitrogens with two attached hydrogens (primary N) is 4. The third-order valence-electron chi connectivity index (χ3n) is 19.2. The van der Waals surface area contributed by atoms with Gasteiger partial charge in [-0.3, -0.25) is 14.3 Å². The van der Waals surface area contributed by atoms with Gasteiger partial charge in [-0.2, -0.15) is 13.2 Å². The lowest BCUT2D eigenvalue weighted by atomic mass is 9.88. The van der Waals surface area contributed by atoms with Crippen LogP contribution in [0.3, 0.4) is 0 Å². The Labute approximate surface area is 841 Å². The van der Waals surface area contributed by atoms with Gasteiger partial charge in [0.15, 0.2) is 0 Å². The van der Waals surface area contributed by atoms with E-state index < -0.39 is 67.7 Å². The van der Waals surface area contributed by atoms with Crippen LogP contribution in [0.25, 0.3) is 0 Å². The monoisotopic (exact) mass is 2020 g/mol. The van der Waals surface area contributed by atoms with Crippen molar-refractivity contribution in [1.29, 1.82) is 0 Å². The number of rotatable bonds is 27. The second-order valence-electron chi connectivity index (χ2n) is 40.9. The number of amides is 6. The number of carbonyl (C=O) groups excluding carboxylic acids is 4. The van der Waals surface area contributed by atoms with Gasteiger partial charge in [-0.15, -0.1) is 13.2 Å². The molecule has 0 fully saturated rings. The minimum absolute atomic E-state index is 0.0303. The average molecular weight is 2020 g/mol. The molecule has 10 aromatic carbocycles. The molecule has 0 saturated carbocycles. The van der Waals surface area contributed by atoms with E-state index in [2.05, 4.69) is 174 Å². The summed E-state index contributed by atoms with van der Waals surface area (Å²) in [6.45, 7) is 47.3. The Balaban J connectivity index is 0.000000790. The van der Waals surface area contributed by atoms with Crippen molar-refractivity contribution >= 4 is 61.0 Å². The van der Waals surface area contributed by atoms with Gasteiger partial charge in [0.1, 0.15) is 23.2 Å². The Morgan fingerprint density at radius 1 is 0.394 bits per heavy atom. The zero-order valence-electron chi connectivity index (χ0n) is 88.0. The molecule has 0 aromatic heterocycles. The lowest BCUT2D eigenvalue weighted by Crippen LogP contribution is -2.28. The van der Waals surface area contributed by atoms with E-state index in [0.29, 0.717) is 66.1 Å². The van der Waals surface area contributed by atoms with Crippen LogP contribution in [-0.4, -0.2) is 79.4 Å². The van der Waals surface area contributed by atoms with E-state index in [1.807, 2.05) is 149 Å². The highest BCUT2D eigenvalue weighted by Crippen LogP contribution is 2.33. The van der Waals surface area contributed by atoms with Crippen LogP contribution in [0, 0.1) is 75.6 Å². The van der Waals surface area contributed by atoms with Crippen molar-refractivity contribution in [2.24, 2.45) is 74.8 Å². The third-order valence-corrected chi connectivity index (χ3v) is 20.7. The van der Waals surface area contributed by atoms with Crippen molar-refractivity contribution in [3.05, 3.63) is 326 Å². The molecule has 6 amide bonds. The largest absolute Gasteiger partial charge is 0.573 e. The Bertz CT molecular complexity index is 5590. The number of carbonyl (C=O) groups is 4. The molecule has 0 unspecified atom stereocenters. The molecule has 784 valence electrons. The molecule has 12 N–H and O–H groups in total. The number of nitrogens with one attached hydrogen (secondary N) is 4. The molecule has 0 heterocycles. The number of nitrogens with zero attached hydrogens (tertiary/aromatic N) is 1. The van der Waals surface area contributed by atoms with Crippen LogP contribution in [0.5, 0.6) is 5.75 Å². The first-order chi connectivity index (χ1) is 65.6. The average Bonchev–Trinajstić information content (AvgIpc) is 0.820. The van der Waals surface area contributed by atoms with Crippen molar-refractivity contribution in [2.75, 3.05) is 43.2 Å². The Morgan fingerprint density at radius 2 is 0.739 bits per heavy atom. The van der Waals surface area contributed by atoms with Crippen molar-refractivity contribution in [2.45, 2.75) is 241 Å². The maximum absolute atomic E-state index is 12.9. The van der Waals surface area contributed by atoms with E-state index in [0.717, 1.165) is 132 Å². The molecular weight excluding hydrogens is 1860 g/mol. The van der Waals surface area contributed by atoms with E-state index in [1.165, 1.54) is 64.2 Å². The van der Waals surface area contributed by atoms with Gasteiger partial charge >= 0.3 is 24.6 Å². The number of urea groups is 2. The fraction of sp³-hybridized carbons (Fsp3) is 0.434. The van der Waals surface area contributed by atoms with Crippen LogP contribution in [0.1, 0.15) is 240 Å². The molecule has 0 aliphatic rings. The van der Waals surface area contributed by atoms with Crippen molar-refractivity contribution in [1.82, 2.24) is 15.5 Å². The summed E-state index contributed by atoms with van der Waals surface area (Å²) in [6, 6.07) is 65.8. The Kier molecular flexibility index (Phi) is 57.3. The summed E-state index contributed by atoms with van der Waals surface area (Å²) >= 11 is 0. The summed E-state index contributed by atoms with van der Waals surface area (Å²) < 4.78 is 161. The van der Waals surface area contributed by atoms with Crippen LogP contribution < -0.4 is 47.7 Å². The first-order valence-corrected chi connectivity index (χ1v) is 51.1. The summed E-state index contributed by atoms with van der Waals surface area (Å²) in [5, 5.41) is 12.8. The van der Waals surface area contributed by atoms with E-state index in [-0.39, 0.29) is 39.2 Å². The second kappa shape index (κ2) is 63.4. The van der Waals surface area contributed by atoms with Crippen LogP contribution in [0.15, 0.2) is 235 Å². The van der Waals surface area contributed by atoms with Crippen LogP contribution in [-0.2, 0) is 97.0 Å². The number of alkyl halides is 6. The number of primary amides is 2. The van der Waals surface area contributed by atoms with E-state index in [4.69, 9.17) is 22.3 Å². The van der Waals surface area contributed by atoms with Gasteiger partial charge in [-0.25, -0.2) is 44.7 Å². The van der Waals surface area contributed by atoms with Gasteiger partial charge in [0.05, 0.1) is 16.7 Å². The summed E-state index contributed by atoms with van der Waals surface area (Å²) in [7, 11) is -1.55. The zero-order chi connectivity index (χ0) is 108. The molecule has 0 radical (unpaired) electrons. The van der Waals surface area contributed by atoms with Crippen LogP contribution in [0.2, 0.25) is 0 Å². The normalized spacial score (nSPS) is 11.2. The maximum Gasteiger partial charge on any atom is 0.573 e. The van der Waals surface area contributed by atoms with Gasteiger partial charge in [0.25, 0.3) is 11.8 Å². The maximum atomic E-state index is 12.9. The minimum Gasteiger partial charge on any atom is -0.406 e. The quantitative estimate of drug-likeness (QED) is 0.0178. The van der Waals surface area contributed by atoms with Crippen LogP contribution in [0.4, 0.5) is 66.2 Å². The van der Waals surface area contributed by atoms with Gasteiger partial charge in [-0.05, 0) is 293 Å². The highest BCUT2D eigenvalue weighted by atomic mass is 32.2. The molecule has 0 bridgehead atoms. The number of benzene rings is 10. The molecule has 0 atom stereocenters. The second-order valence-corrected chi connectivity index (χ2v) is 44.3. The highest BCUT2D eigenvalue weighted by molar-refractivity contribution is 7.92. The molecule has 0 spiro atoms. The first-order valence-electron chi connectivity index (χ1n) is 47.6. The molecule has 0 aliphatic carbocycles. The SMILES string of the molecule is CC(C)Cc1cc(F)cc(F)c1.CC(C)Cc1ccc(F)c(C(F)(F)F)c1.CC(C)Cc1ccc(N)cc1.CC(C)Cc1ccc(OC(F)(F)F)cc1.CC(C)Cc1cccc(CNC(N)=O)c1.CC(C)Cc1cccc(NC(N)=O)c1.CC(C)Cc1cccc(NS(C)(=O)=O)c1.CC(C)Cc1cccc(S(N)(=O)=O)c1.CN(C)C(=O)c1ccc(CC(C)(C)C)cc1.CNC(=O)c1ccc(CC(C)(C)C)cc1. The van der Waals surface area contributed by atoms with Gasteiger partial charge in [0.2, 0.25) is 20.0 Å². The van der Waals surface area contributed by atoms with Crippen molar-refractivity contribution < 1.29 is 80.3 Å². The molecule has 10 aromatic rings. The Morgan fingerprint density at radius 3 is 1.11 bits per heavy atom. The number of nitrogen functional groups attached to an aromatic ring is 1. The Hall–Kier alpha value is -11.7. The predicted molar refractivity (Wildman–Crippen MR) is 566 cm³/mol. The number of ether oxygens (including phenoxy) is 1. The predicted octanol–water partition coefficient (Wildman–Crippen LogP) is 27.3. The van der Waals surface area contributed by atoms with E-state index >= 15 is 0 Å². The van der Waals surface area contributed by atoms with Crippen molar-refractivity contribution in [3.63, 3.8) is 0 Å². The molecule has 10 rings (SSSR count). The lowest BCUT2D eigenvalue weighted by molar-refractivity contribution is -0.274. The number of anilines is 3. The zero-order valence-corrected chi connectivity index (χ0v) is 89.6. The minimum atomic E-state index is -4.61. The summed E-state index contributed by atoms with van der Waals surface area (Å²) in [5.74, 6) is 1.86. The fourth-order valence-electron chi connectivity index (χ4n) is 13.9. The molecule has 0 aliphatic heterocycles. The molecular formula is C113H158F9N9O9S2. The third kappa shape index (κ3) is 64.0. The number of hydrogen-bond donors (Lipinski definition) is 8. The first kappa shape index (κ1) is 128. The van der Waals surface area contributed by atoms with Crippen molar-refractivity contribution in [3.8, 4) is 5.75 Å². The molecule has 0 saturated heterocycles.